The van der Waals surface area contributed by atoms with Crippen molar-refractivity contribution >= 4 is 11.8 Å². The van der Waals surface area contributed by atoms with E-state index in [1.807, 2.05) is 0 Å². The minimum absolute atomic E-state index is 0.0440. The maximum atomic E-state index is 13.9. The predicted molar refractivity (Wildman–Crippen MR) is 112 cm³/mol. The van der Waals surface area contributed by atoms with Gasteiger partial charge in [0.05, 0.1) is 18.6 Å². The fourth-order valence-corrected chi connectivity index (χ4v) is 3.22. The SMILES string of the molecule is O=C(OCCC(F)(F)C(F)(F)C(F)(F)C(F)(F)C(F)(F)C(F)(F)C(F)(F)C(F)(F)F)c1ccc(C(=O)c2ccccc2)cc1. The summed E-state index contributed by atoms with van der Waals surface area (Å²) < 4.78 is 230. The van der Waals surface area contributed by atoms with E-state index in [-0.39, 0.29) is 11.1 Å². The van der Waals surface area contributed by atoms with Crippen LogP contribution in [0.15, 0.2) is 54.6 Å². The Morgan fingerprint density at radius 2 is 0.841 bits per heavy atom. The molecule has 0 heterocycles. The van der Waals surface area contributed by atoms with Crippen LogP contribution in [0.5, 0.6) is 0 Å². The van der Waals surface area contributed by atoms with E-state index in [2.05, 4.69) is 4.74 Å². The number of rotatable bonds is 12. The van der Waals surface area contributed by atoms with Crippen LogP contribution in [0.3, 0.4) is 0 Å². The van der Waals surface area contributed by atoms with Crippen molar-refractivity contribution < 1.29 is 89.0 Å². The minimum atomic E-state index is -8.72. The number of alkyl halides is 17. The normalized spacial score (nSPS) is 14.4. The van der Waals surface area contributed by atoms with E-state index in [0.717, 1.165) is 24.3 Å². The van der Waals surface area contributed by atoms with Crippen molar-refractivity contribution in [1.29, 1.82) is 0 Å². The first kappa shape index (κ1) is 36.6. The van der Waals surface area contributed by atoms with Crippen LogP contribution >= 0.6 is 0 Å². The van der Waals surface area contributed by atoms with E-state index < -0.39 is 78.0 Å². The zero-order chi connectivity index (χ0) is 34.4. The summed E-state index contributed by atoms with van der Waals surface area (Å²) in [4.78, 5) is 24.3. The number of carbonyl (C=O) groups excluding carboxylic acids is 2. The molecule has 0 aliphatic carbocycles. The van der Waals surface area contributed by atoms with E-state index in [4.69, 9.17) is 0 Å². The smallest absolute Gasteiger partial charge is 0.460 e. The molecular formula is C24H13F17O3. The lowest BCUT2D eigenvalue weighted by Gasteiger charge is -2.42. The van der Waals surface area contributed by atoms with Gasteiger partial charge in [-0.3, -0.25) is 4.79 Å². The first-order valence-electron chi connectivity index (χ1n) is 11.2. The zero-order valence-electron chi connectivity index (χ0n) is 20.8. The Hall–Kier alpha value is -3.61. The van der Waals surface area contributed by atoms with E-state index >= 15 is 0 Å². The third-order valence-electron chi connectivity index (χ3n) is 5.86. The molecule has 0 N–H and O–H groups in total. The first-order chi connectivity index (χ1) is 19.6. The molecule has 44 heavy (non-hydrogen) atoms. The van der Waals surface area contributed by atoms with E-state index in [1.165, 1.54) is 24.3 Å². The summed E-state index contributed by atoms with van der Waals surface area (Å²) >= 11 is 0. The van der Waals surface area contributed by atoms with Crippen molar-refractivity contribution in [3.8, 4) is 0 Å². The Morgan fingerprint density at radius 3 is 1.27 bits per heavy atom. The maximum absolute atomic E-state index is 13.9. The standard InChI is InChI=1S/C24H13F17O3/c25-17(26,10-11-44-16(43)14-8-6-13(7-9-14)15(42)12-4-2-1-3-5-12)18(27,28)19(29,30)20(31,32)21(33,34)22(35,36)23(37,38)24(39,40)41/h1-9H,10-11H2. The van der Waals surface area contributed by atoms with Crippen LogP contribution in [0.2, 0.25) is 0 Å². The topological polar surface area (TPSA) is 43.4 Å². The fourth-order valence-electron chi connectivity index (χ4n) is 3.22. The molecule has 0 saturated heterocycles. The second-order valence-electron chi connectivity index (χ2n) is 8.81. The highest BCUT2D eigenvalue weighted by Crippen LogP contribution is 2.64. The molecule has 246 valence electrons. The fraction of sp³-hybridized carbons (Fsp3) is 0.417. The van der Waals surface area contributed by atoms with Gasteiger partial charge < -0.3 is 4.74 Å². The monoisotopic (exact) mass is 672 g/mol. The van der Waals surface area contributed by atoms with Crippen LogP contribution in [0.25, 0.3) is 0 Å². The Balaban J connectivity index is 2.23. The van der Waals surface area contributed by atoms with Crippen LogP contribution in [-0.2, 0) is 4.74 Å². The lowest BCUT2D eigenvalue weighted by Crippen LogP contribution is -2.74. The lowest BCUT2D eigenvalue weighted by molar-refractivity contribution is -0.461. The highest BCUT2D eigenvalue weighted by molar-refractivity contribution is 6.09. The summed E-state index contributed by atoms with van der Waals surface area (Å²) in [5, 5.41) is 0. The minimum Gasteiger partial charge on any atom is -0.462 e. The summed E-state index contributed by atoms with van der Waals surface area (Å²) in [5.41, 5.74) is -0.449. The van der Waals surface area contributed by atoms with Crippen molar-refractivity contribution in [2.24, 2.45) is 0 Å². The quantitative estimate of drug-likeness (QED) is 0.129. The molecule has 0 amide bonds. The molecule has 2 aromatic rings. The first-order valence-corrected chi connectivity index (χ1v) is 11.2. The summed E-state index contributed by atoms with van der Waals surface area (Å²) in [6.07, 6.45) is -10.7. The van der Waals surface area contributed by atoms with Gasteiger partial charge in [-0.2, -0.15) is 74.6 Å². The molecule has 20 heteroatoms. The van der Waals surface area contributed by atoms with Crippen LogP contribution in [0.1, 0.15) is 32.7 Å². The maximum Gasteiger partial charge on any atom is 0.460 e. The number of hydrogen-bond donors (Lipinski definition) is 0. The number of ether oxygens (including phenoxy) is 1. The van der Waals surface area contributed by atoms with Crippen molar-refractivity contribution in [2.45, 2.75) is 54.1 Å². The molecule has 0 radical (unpaired) electrons. The summed E-state index contributed by atoms with van der Waals surface area (Å²) in [6.45, 7) is -2.08. The Kier molecular flexibility index (Phi) is 9.47. The van der Waals surface area contributed by atoms with Crippen molar-refractivity contribution in [3.63, 3.8) is 0 Å². The number of carbonyl (C=O) groups is 2. The number of esters is 1. The summed E-state index contributed by atoms with van der Waals surface area (Å²) in [5.74, 6) is -59.4. The van der Waals surface area contributed by atoms with E-state index in [9.17, 15) is 84.2 Å². The van der Waals surface area contributed by atoms with Gasteiger partial charge in [-0.15, -0.1) is 0 Å². The van der Waals surface area contributed by atoms with Gasteiger partial charge in [0, 0.05) is 11.1 Å². The molecule has 0 fully saturated rings. The summed E-state index contributed by atoms with van der Waals surface area (Å²) in [6, 6.07) is 11.1. The van der Waals surface area contributed by atoms with E-state index in [0.29, 0.717) is 0 Å². The van der Waals surface area contributed by atoms with E-state index in [1.54, 1.807) is 6.07 Å². The van der Waals surface area contributed by atoms with Gasteiger partial charge >= 0.3 is 53.6 Å². The largest absolute Gasteiger partial charge is 0.462 e. The Bertz CT molecular complexity index is 1330. The molecule has 0 aliphatic heterocycles. The highest BCUT2D eigenvalue weighted by atomic mass is 19.4. The van der Waals surface area contributed by atoms with Crippen molar-refractivity contribution in [2.75, 3.05) is 6.61 Å². The number of benzene rings is 2. The lowest BCUT2D eigenvalue weighted by atomic mass is 9.88. The number of hydrogen-bond acceptors (Lipinski definition) is 3. The molecule has 0 aliphatic rings. The molecule has 2 rings (SSSR count). The molecule has 2 aromatic carbocycles. The van der Waals surface area contributed by atoms with Gasteiger partial charge in [-0.1, -0.05) is 42.5 Å². The zero-order valence-corrected chi connectivity index (χ0v) is 20.8. The number of ketones is 1. The van der Waals surface area contributed by atoms with Crippen LogP contribution < -0.4 is 0 Å². The molecule has 0 atom stereocenters. The van der Waals surface area contributed by atoms with Gasteiger partial charge in [-0.05, 0) is 12.1 Å². The average Bonchev–Trinajstić information content (AvgIpc) is 2.91. The predicted octanol–water partition coefficient (Wildman–Crippen LogP) is 8.47. The Morgan fingerprint density at radius 1 is 0.477 bits per heavy atom. The Labute approximate surface area is 233 Å². The molecule has 0 aromatic heterocycles. The van der Waals surface area contributed by atoms with Gasteiger partial charge in [0.2, 0.25) is 0 Å². The summed E-state index contributed by atoms with van der Waals surface area (Å²) in [7, 11) is 0. The molecular weight excluding hydrogens is 659 g/mol. The second-order valence-corrected chi connectivity index (χ2v) is 8.81. The highest BCUT2D eigenvalue weighted by Gasteiger charge is 2.95. The molecule has 0 spiro atoms. The second kappa shape index (κ2) is 11.4. The third-order valence-corrected chi connectivity index (χ3v) is 5.86. The van der Waals surface area contributed by atoms with Crippen molar-refractivity contribution in [3.05, 3.63) is 71.3 Å². The van der Waals surface area contributed by atoms with Gasteiger partial charge in [0.1, 0.15) is 0 Å². The molecule has 0 bridgehead atoms. The molecule has 0 saturated carbocycles. The number of halogens is 17. The van der Waals surface area contributed by atoms with Crippen LogP contribution in [0, 0.1) is 0 Å². The van der Waals surface area contributed by atoms with Crippen molar-refractivity contribution in [1.82, 2.24) is 0 Å². The molecule has 0 unspecified atom stereocenters. The van der Waals surface area contributed by atoms with Crippen LogP contribution in [-0.4, -0.2) is 66.0 Å². The molecule has 3 nitrogen and oxygen atoms in total. The van der Waals surface area contributed by atoms with Crippen LogP contribution in [0.4, 0.5) is 74.6 Å². The van der Waals surface area contributed by atoms with Gasteiger partial charge in [0.15, 0.2) is 5.78 Å². The van der Waals surface area contributed by atoms with Gasteiger partial charge in [-0.25, -0.2) is 4.79 Å². The van der Waals surface area contributed by atoms with Gasteiger partial charge in [0.25, 0.3) is 0 Å². The third kappa shape index (κ3) is 5.78. The average molecular weight is 672 g/mol.